The maximum atomic E-state index is 11.3. The van der Waals surface area contributed by atoms with Crippen LogP contribution in [-0.2, 0) is 4.79 Å². The lowest BCUT2D eigenvalue weighted by Crippen LogP contribution is -2.44. The van der Waals surface area contributed by atoms with Crippen molar-refractivity contribution in [3.63, 3.8) is 0 Å². The first-order valence-electron chi connectivity index (χ1n) is 6.32. The molecule has 2 heterocycles. The number of nitrogens with one attached hydrogen (secondary N) is 1. The maximum Gasteiger partial charge on any atom is 0.321 e. The van der Waals surface area contributed by atoms with Crippen molar-refractivity contribution in [3.8, 4) is 0 Å². The Balaban J connectivity index is 2.03. The molecule has 0 aromatic carbocycles. The number of carboxylic acid groups (broad SMARTS) is 1. The number of thioether (sulfide) groups is 1. The van der Waals surface area contributed by atoms with E-state index < -0.39 is 12.0 Å². The van der Waals surface area contributed by atoms with Crippen LogP contribution < -0.4 is 5.32 Å². The summed E-state index contributed by atoms with van der Waals surface area (Å²) in [6, 6.07) is -0.392. The molecule has 3 N–H and O–H groups in total. The van der Waals surface area contributed by atoms with E-state index in [0.717, 1.165) is 37.9 Å². The van der Waals surface area contributed by atoms with Gasteiger partial charge in [-0.15, -0.1) is 0 Å². The van der Waals surface area contributed by atoms with E-state index in [1.807, 2.05) is 11.8 Å². The van der Waals surface area contributed by atoms with E-state index in [4.69, 9.17) is 0 Å². The first-order valence-corrected chi connectivity index (χ1v) is 7.37. The van der Waals surface area contributed by atoms with Gasteiger partial charge in [-0.05, 0) is 24.9 Å². The van der Waals surface area contributed by atoms with Crippen molar-refractivity contribution in [2.75, 3.05) is 12.3 Å². The number of aliphatic carboxylic acids is 1. The van der Waals surface area contributed by atoms with E-state index >= 15 is 0 Å². The van der Waals surface area contributed by atoms with Gasteiger partial charge in [0.2, 0.25) is 0 Å². The van der Waals surface area contributed by atoms with Gasteiger partial charge in [-0.25, -0.2) is 0 Å². The SMILES string of the molecule is CB(O)CCC[C@]12CCS[C@H]1CN[C@@H]2C(=O)O. The van der Waals surface area contributed by atoms with Gasteiger partial charge in [0.15, 0.2) is 0 Å². The van der Waals surface area contributed by atoms with Crippen LogP contribution in [0.4, 0.5) is 0 Å². The van der Waals surface area contributed by atoms with Crippen LogP contribution in [0, 0.1) is 5.41 Å². The minimum Gasteiger partial charge on any atom is -0.480 e. The van der Waals surface area contributed by atoms with Gasteiger partial charge >= 0.3 is 5.97 Å². The smallest absolute Gasteiger partial charge is 0.321 e. The molecule has 4 nitrogen and oxygen atoms in total. The summed E-state index contributed by atoms with van der Waals surface area (Å²) in [6.45, 7) is 2.33. The highest BCUT2D eigenvalue weighted by Crippen LogP contribution is 2.51. The molecule has 2 fully saturated rings. The summed E-state index contributed by atoms with van der Waals surface area (Å²) in [7, 11) is 0. The van der Waals surface area contributed by atoms with Gasteiger partial charge in [-0.3, -0.25) is 4.79 Å². The first kappa shape index (κ1) is 13.2. The van der Waals surface area contributed by atoms with Crippen molar-refractivity contribution in [1.29, 1.82) is 0 Å². The molecular formula is C11H20BNO3S. The van der Waals surface area contributed by atoms with Gasteiger partial charge in [-0.2, -0.15) is 11.8 Å². The Bertz CT molecular complexity index is 302. The van der Waals surface area contributed by atoms with Crippen molar-refractivity contribution < 1.29 is 14.9 Å². The largest absolute Gasteiger partial charge is 0.480 e. The molecule has 0 aliphatic carbocycles. The van der Waals surface area contributed by atoms with Crippen molar-refractivity contribution in [2.45, 2.75) is 43.7 Å². The van der Waals surface area contributed by atoms with Crippen LogP contribution >= 0.6 is 11.8 Å². The topological polar surface area (TPSA) is 69.6 Å². The summed E-state index contributed by atoms with van der Waals surface area (Å²) in [5.41, 5.74) is -0.0780. The van der Waals surface area contributed by atoms with Crippen molar-refractivity contribution in [2.24, 2.45) is 5.41 Å². The Labute approximate surface area is 107 Å². The fourth-order valence-electron chi connectivity index (χ4n) is 3.23. The van der Waals surface area contributed by atoms with E-state index in [-0.39, 0.29) is 12.3 Å². The molecule has 2 aliphatic heterocycles. The predicted molar refractivity (Wildman–Crippen MR) is 70.6 cm³/mol. The van der Waals surface area contributed by atoms with Gasteiger partial charge in [0.05, 0.1) is 0 Å². The minimum atomic E-state index is -0.716. The van der Waals surface area contributed by atoms with E-state index in [2.05, 4.69) is 5.32 Å². The molecule has 0 radical (unpaired) electrons. The lowest BCUT2D eigenvalue weighted by Gasteiger charge is -2.32. The lowest BCUT2D eigenvalue weighted by atomic mass is 9.64. The molecule has 0 aromatic heterocycles. The summed E-state index contributed by atoms with van der Waals surface area (Å²) >= 11 is 1.90. The Hall–Kier alpha value is -0.195. The number of rotatable bonds is 5. The molecule has 0 unspecified atom stereocenters. The molecule has 2 aliphatic rings. The summed E-state index contributed by atoms with van der Waals surface area (Å²) in [6.07, 6.45) is 3.59. The second-order valence-electron chi connectivity index (χ2n) is 5.26. The third kappa shape index (κ3) is 2.49. The third-order valence-electron chi connectivity index (χ3n) is 4.12. The summed E-state index contributed by atoms with van der Waals surface area (Å²) in [5, 5.41) is 22.2. The van der Waals surface area contributed by atoms with E-state index in [1.54, 1.807) is 6.82 Å². The Morgan fingerprint density at radius 1 is 1.65 bits per heavy atom. The zero-order valence-electron chi connectivity index (χ0n) is 10.2. The van der Waals surface area contributed by atoms with Crippen molar-refractivity contribution >= 4 is 24.6 Å². The molecule has 0 amide bonds. The summed E-state index contributed by atoms with van der Waals surface area (Å²) in [5.74, 6) is 0.359. The Morgan fingerprint density at radius 3 is 3.06 bits per heavy atom. The highest BCUT2D eigenvalue weighted by atomic mass is 32.2. The normalized spacial score (nSPS) is 35.9. The van der Waals surface area contributed by atoms with Crippen molar-refractivity contribution in [3.05, 3.63) is 0 Å². The monoisotopic (exact) mass is 257 g/mol. The third-order valence-corrected chi connectivity index (χ3v) is 5.60. The van der Waals surface area contributed by atoms with Gasteiger partial charge in [0, 0.05) is 17.2 Å². The molecule has 17 heavy (non-hydrogen) atoms. The fourth-order valence-corrected chi connectivity index (χ4v) is 4.93. The van der Waals surface area contributed by atoms with Gasteiger partial charge in [-0.1, -0.05) is 13.2 Å². The molecular weight excluding hydrogens is 237 g/mol. The van der Waals surface area contributed by atoms with E-state index in [1.165, 1.54) is 0 Å². The second kappa shape index (κ2) is 5.20. The van der Waals surface area contributed by atoms with Crippen LogP contribution in [0.15, 0.2) is 0 Å². The average molecular weight is 257 g/mol. The minimum absolute atomic E-state index is 0.0780. The van der Waals surface area contributed by atoms with Gasteiger partial charge < -0.3 is 15.4 Å². The molecule has 2 saturated heterocycles. The van der Waals surface area contributed by atoms with Crippen LogP contribution in [0.3, 0.4) is 0 Å². The molecule has 2 rings (SSSR count). The van der Waals surface area contributed by atoms with Crippen LogP contribution in [-0.4, -0.2) is 46.6 Å². The van der Waals surface area contributed by atoms with Gasteiger partial charge in [0.25, 0.3) is 6.92 Å². The molecule has 0 bridgehead atoms. The number of hydrogen-bond donors (Lipinski definition) is 3. The standard InChI is InChI=1S/C11H20BNO3S/c1-12(16)5-2-3-11-4-6-17-8(11)7-13-9(11)10(14)15/h8-9,13,16H,2-7H2,1H3,(H,14,15)/t8-,9+,11-/m0/s1. The van der Waals surface area contributed by atoms with Crippen LogP contribution in [0.2, 0.25) is 13.1 Å². The quantitative estimate of drug-likeness (QED) is 0.639. The second-order valence-corrected chi connectivity index (χ2v) is 6.57. The highest BCUT2D eigenvalue weighted by molar-refractivity contribution is 8.00. The lowest BCUT2D eigenvalue weighted by molar-refractivity contribution is -0.142. The molecule has 6 heteroatoms. The Morgan fingerprint density at radius 2 is 2.41 bits per heavy atom. The number of carbonyl (C=O) groups is 1. The molecule has 0 saturated carbocycles. The number of carboxylic acids is 1. The molecule has 96 valence electrons. The summed E-state index contributed by atoms with van der Waals surface area (Å²) in [4.78, 5) is 11.3. The average Bonchev–Trinajstić information content (AvgIpc) is 2.73. The predicted octanol–water partition coefficient (Wildman–Crippen LogP) is 0.928. The zero-order valence-corrected chi connectivity index (χ0v) is 11.0. The van der Waals surface area contributed by atoms with Crippen molar-refractivity contribution in [1.82, 2.24) is 5.32 Å². The highest BCUT2D eigenvalue weighted by Gasteiger charge is 2.55. The van der Waals surface area contributed by atoms with Gasteiger partial charge in [0.1, 0.15) is 6.04 Å². The number of hydrogen-bond acceptors (Lipinski definition) is 4. The van der Waals surface area contributed by atoms with E-state index in [0.29, 0.717) is 5.25 Å². The molecule has 3 atom stereocenters. The fraction of sp³-hybridized carbons (Fsp3) is 0.909. The first-order chi connectivity index (χ1) is 8.06. The van der Waals surface area contributed by atoms with Crippen LogP contribution in [0.1, 0.15) is 19.3 Å². The Kier molecular flexibility index (Phi) is 4.05. The molecule has 0 spiro atoms. The van der Waals surface area contributed by atoms with Crippen LogP contribution in [0.25, 0.3) is 0 Å². The maximum absolute atomic E-state index is 11.3. The van der Waals surface area contributed by atoms with E-state index in [9.17, 15) is 14.9 Å². The number of fused-ring (bicyclic) bond motifs is 1. The van der Waals surface area contributed by atoms with Crippen LogP contribution in [0.5, 0.6) is 0 Å². The zero-order chi connectivity index (χ0) is 12.5. The molecule has 0 aromatic rings. The summed E-state index contributed by atoms with van der Waals surface area (Å²) < 4.78 is 0.